The third-order valence-corrected chi connectivity index (χ3v) is 3.99. The molecule has 116 valence electrons. The van der Waals surface area contributed by atoms with Crippen LogP contribution < -0.4 is 9.64 Å². The van der Waals surface area contributed by atoms with Crippen LogP contribution in [0.2, 0.25) is 0 Å². The van der Waals surface area contributed by atoms with E-state index in [-0.39, 0.29) is 0 Å². The van der Waals surface area contributed by atoms with E-state index in [1.54, 1.807) is 0 Å². The molecular formula is C18H23N3O. The van der Waals surface area contributed by atoms with Gasteiger partial charge >= 0.3 is 0 Å². The van der Waals surface area contributed by atoms with Crippen LogP contribution in [0.1, 0.15) is 12.6 Å². The Morgan fingerprint density at radius 2 is 1.77 bits per heavy atom. The molecule has 0 N–H and O–H groups in total. The third kappa shape index (κ3) is 3.57. The first-order chi connectivity index (χ1) is 10.9. The molecule has 0 aliphatic carbocycles. The topological polar surface area (TPSA) is 28.6 Å². The molecule has 0 amide bonds. The summed E-state index contributed by atoms with van der Waals surface area (Å²) < 4.78 is 5.75. The van der Waals surface area contributed by atoms with Crippen LogP contribution in [-0.4, -0.2) is 42.7 Å². The zero-order chi connectivity index (χ0) is 15.2. The molecule has 0 atom stereocenters. The van der Waals surface area contributed by atoms with E-state index in [0.29, 0.717) is 6.61 Å². The van der Waals surface area contributed by atoms with Crippen LogP contribution in [0.5, 0.6) is 5.75 Å². The average Bonchev–Trinajstić information content (AvgIpc) is 2.58. The van der Waals surface area contributed by atoms with Gasteiger partial charge in [-0.2, -0.15) is 0 Å². The Hall–Kier alpha value is -2.07. The number of rotatable bonds is 5. The van der Waals surface area contributed by atoms with Gasteiger partial charge in [0, 0.05) is 38.9 Å². The first-order valence-electron chi connectivity index (χ1n) is 7.96. The van der Waals surface area contributed by atoms with Gasteiger partial charge in [0.1, 0.15) is 5.75 Å². The maximum Gasteiger partial charge on any atom is 0.142 e. The fourth-order valence-corrected chi connectivity index (χ4v) is 2.86. The highest BCUT2D eigenvalue weighted by Crippen LogP contribution is 2.28. The van der Waals surface area contributed by atoms with E-state index < -0.39 is 0 Å². The first-order valence-corrected chi connectivity index (χ1v) is 7.96. The van der Waals surface area contributed by atoms with E-state index in [2.05, 4.69) is 45.1 Å². The Bertz CT molecular complexity index is 580. The number of para-hydroxylation sites is 2. The monoisotopic (exact) mass is 297 g/mol. The molecule has 2 aromatic rings. The highest BCUT2D eigenvalue weighted by molar-refractivity contribution is 5.58. The second-order valence-electron chi connectivity index (χ2n) is 5.49. The predicted molar refractivity (Wildman–Crippen MR) is 89.3 cm³/mol. The van der Waals surface area contributed by atoms with Crippen molar-refractivity contribution in [1.29, 1.82) is 0 Å². The molecule has 4 heteroatoms. The van der Waals surface area contributed by atoms with E-state index in [9.17, 15) is 0 Å². The Labute approximate surface area is 132 Å². The molecule has 1 aromatic carbocycles. The molecule has 4 nitrogen and oxygen atoms in total. The van der Waals surface area contributed by atoms with Crippen LogP contribution in [-0.2, 0) is 6.54 Å². The molecule has 1 saturated heterocycles. The van der Waals surface area contributed by atoms with Crippen molar-refractivity contribution in [2.24, 2.45) is 0 Å². The molecular weight excluding hydrogens is 274 g/mol. The van der Waals surface area contributed by atoms with Crippen molar-refractivity contribution in [3.63, 3.8) is 0 Å². The average molecular weight is 297 g/mol. The van der Waals surface area contributed by atoms with Crippen LogP contribution in [0.3, 0.4) is 0 Å². The van der Waals surface area contributed by atoms with Gasteiger partial charge in [0.25, 0.3) is 0 Å². The van der Waals surface area contributed by atoms with Crippen LogP contribution in [0.15, 0.2) is 48.7 Å². The summed E-state index contributed by atoms with van der Waals surface area (Å²) in [6, 6.07) is 14.4. The van der Waals surface area contributed by atoms with E-state index in [0.717, 1.165) is 44.2 Å². The van der Waals surface area contributed by atoms with Crippen molar-refractivity contribution in [2.45, 2.75) is 13.5 Å². The lowest BCUT2D eigenvalue weighted by molar-refractivity contribution is 0.246. The summed E-state index contributed by atoms with van der Waals surface area (Å²) in [6.45, 7) is 7.82. The third-order valence-electron chi connectivity index (χ3n) is 3.99. The second-order valence-corrected chi connectivity index (χ2v) is 5.49. The first kappa shape index (κ1) is 14.9. The maximum atomic E-state index is 5.75. The summed E-state index contributed by atoms with van der Waals surface area (Å²) in [4.78, 5) is 9.29. The molecule has 0 saturated carbocycles. The Morgan fingerprint density at radius 1 is 1.00 bits per heavy atom. The van der Waals surface area contributed by atoms with Gasteiger partial charge in [-0.25, -0.2) is 0 Å². The minimum atomic E-state index is 0.705. The Kier molecular flexibility index (Phi) is 4.91. The fourth-order valence-electron chi connectivity index (χ4n) is 2.86. The number of nitrogens with zero attached hydrogens (tertiary/aromatic N) is 3. The summed E-state index contributed by atoms with van der Waals surface area (Å²) in [5.74, 6) is 0.989. The van der Waals surface area contributed by atoms with E-state index in [4.69, 9.17) is 4.74 Å². The number of piperazine rings is 1. The number of pyridine rings is 1. The van der Waals surface area contributed by atoms with E-state index in [1.165, 1.54) is 5.69 Å². The van der Waals surface area contributed by atoms with Crippen molar-refractivity contribution in [1.82, 2.24) is 9.88 Å². The summed E-state index contributed by atoms with van der Waals surface area (Å²) >= 11 is 0. The van der Waals surface area contributed by atoms with Crippen LogP contribution >= 0.6 is 0 Å². The molecule has 1 aromatic heterocycles. The van der Waals surface area contributed by atoms with Gasteiger partial charge in [0.05, 0.1) is 18.0 Å². The molecule has 0 spiro atoms. The van der Waals surface area contributed by atoms with Crippen molar-refractivity contribution in [2.75, 3.05) is 37.7 Å². The zero-order valence-electron chi connectivity index (χ0n) is 13.1. The lowest BCUT2D eigenvalue weighted by Gasteiger charge is -2.36. The molecule has 0 radical (unpaired) electrons. The SMILES string of the molecule is CCOc1ccccc1N1CCN(Cc2ccccn2)CC1. The summed E-state index contributed by atoms with van der Waals surface area (Å²) in [5, 5.41) is 0. The number of hydrogen-bond acceptors (Lipinski definition) is 4. The smallest absolute Gasteiger partial charge is 0.142 e. The Balaban J connectivity index is 1.60. The lowest BCUT2D eigenvalue weighted by Crippen LogP contribution is -2.46. The Morgan fingerprint density at radius 3 is 2.50 bits per heavy atom. The van der Waals surface area contributed by atoms with Crippen molar-refractivity contribution in [3.05, 3.63) is 54.4 Å². The lowest BCUT2D eigenvalue weighted by atomic mass is 10.2. The van der Waals surface area contributed by atoms with Gasteiger partial charge in [-0.1, -0.05) is 18.2 Å². The molecule has 22 heavy (non-hydrogen) atoms. The van der Waals surface area contributed by atoms with Gasteiger partial charge in [0.15, 0.2) is 0 Å². The van der Waals surface area contributed by atoms with Gasteiger partial charge < -0.3 is 9.64 Å². The number of anilines is 1. The molecule has 1 fully saturated rings. The molecule has 0 unspecified atom stereocenters. The number of ether oxygens (including phenoxy) is 1. The number of aromatic nitrogens is 1. The zero-order valence-corrected chi connectivity index (χ0v) is 13.1. The molecule has 1 aliphatic heterocycles. The predicted octanol–water partition coefficient (Wildman–Crippen LogP) is 2.80. The van der Waals surface area contributed by atoms with Crippen LogP contribution in [0, 0.1) is 0 Å². The summed E-state index contributed by atoms with van der Waals surface area (Å²) in [5.41, 5.74) is 2.35. The van der Waals surface area contributed by atoms with Gasteiger partial charge in [-0.3, -0.25) is 9.88 Å². The molecule has 0 bridgehead atoms. The van der Waals surface area contributed by atoms with Crippen molar-refractivity contribution >= 4 is 5.69 Å². The molecule has 1 aliphatic rings. The van der Waals surface area contributed by atoms with Crippen molar-refractivity contribution in [3.8, 4) is 5.75 Å². The van der Waals surface area contributed by atoms with Crippen LogP contribution in [0.4, 0.5) is 5.69 Å². The molecule has 2 heterocycles. The van der Waals surface area contributed by atoms with E-state index in [1.807, 2.05) is 25.3 Å². The van der Waals surface area contributed by atoms with Gasteiger partial charge in [-0.15, -0.1) is 0 Å². The minimum absolute atomic E-state index is 0.705. The highest BCUT2D eigenvalue weighted by Gasteiger charge is 2.19. The summed E-state index contributed by atoms with van der Waals surface area (Å²) in [6.07, 6.45) is 1.86. The maximum absolute atomic E-state index is 5.75. The summed E-state index contributed by atoms with van der Waals surface area (Å²) in [7, 11) is 0. The standard InChI is InChI=1S/C18H23N3O/c1-2-22-18-9-4-3-8-17(18)21-13-11-20(12-14-21)15-16-7-5-6-10-19-16/h3-10H,2,11-15H2,1H3. The number of benzene rings is 1. The van der Waals surface area contributed by atoms with Crippen molar-refractivity contribution < 1.29 is 4.74 Å². The normalized spacial score (nSPS) is 15.8. The highest BCUT2D eigenvalue weighted by atomic mass is 16.5. The second kappa shape index (κ2) is 7.27. The number of hydrogen-bond donors (Lipinski definition) is 0. The minimum Gasteiger partial charge on any atom is -0.492 e. The molecule has 3 rings (SSSR count). The van der Waals surface area contributed by atoms with E-state index >= 15 is 0 Å². The quantitative estimate of drug-likeness (QED) is 0.848. The largest absolute Gasteiger partial charge is 0.492 e. The fraction of sp³-hybridized carbons (Fsp3) is 0.389. The van der Waals surface area contributed by atoms with Gasteiger partial charge in [-0.05, 0) is 31.2 Å². The van der Waals surface area contributed by atoms with Gasteiger partial charge in [0.2, 0.25) is 0 Å². The van der Waals surface area contributed by atoms with Crippen LogP contribution in [0.25, 0.3) is 0 Å².